The molecule has 110 valence electrons. The molecule has 1 amide bonds. The Morgan fingerprint density at radius 3 is 2.81 bits per heavy atom. The van der Waals surface area contributed by atoms with Crippen LogP contribution in [0, 0.1) is 0 Å². The van der Waals surface area contributed by atoms with Crippen LogP contribution in [0.15, 0.2) is 42.6 Å². The highest BCUT2D eigenvalue weighted by Crippen LogP contribution is 2.22. The van der Waals surface area contributed by atoms with Crippen LogP contribution >= 0.6 is 11.6 Å². The molecule has 1 aromatic carbocycles. The molecule has 2 rings (SSSR count). The molecule has 2 aromatic rings. The molecule has 1 aromatic heterocycles. The van der Waals surface area contributed by atoms with E-state index in [4.69, 9.17) is 16.7 Å². The number of carbonyl (C=O) groups is 1. The minimum absolute atomic E-state index is 0.0364. The third kappa shape index (κ3) is 4.44. The number of amides is 1. The number of hydrogen-bond donors (Lipinski definition) is 3. The quantitative estimate of drug-likeness (QED) is 0.743. The van der Waals surface area contributed by atoms with E-state index in [1.165, 1.54) is 0 Å². The van der Waals surface area contributed by atoms with E-state index in [9.17, 15) is 4.79 Å². The van der Waals surface area contributed by atoms with Crippen LogP contribution < -0.4 is 10.6 Å². The highest BCUT2D eigenvalue weighted by molar-refractivity contribution is 6.29. The van der Waals surface area contributed by atoms with Crippen LogP contribution in [0.5, 0.6) is 0 Å². The Hall–Kier alpha value is -2.11. The van der Waals surface area contributed by atoms with Gasteiger partial charge >= 0.3 is 0 Å². The predicted molar refractivity (Wildman–Crippen MR) is 83.4 cm³/mol. The van der Waals surface area contributed by atoms with Crippen LogP contribution in [0.1, 0.15) is 18.5 Å². The summed E-state index contributed by atoms with van der Waals surface area (Å²) in [7, 11) is 0. The molecule has 0 fully saturated rings. The van der Waals surface area contributed by atoms with Crippen molar-refractivity contribution in [3.05, 3.63) is 53.3 Å². The number of aliphatic hydroxyl groups is 1. The van der Waals surface area contributed by atoms with Crippen molar-refractivity contribution in [2.75, 3.05) is 17.2 Å². The summed E-state index contributed by atoms with van der Waals surface area (Å²) in [5, 5.41) is 15.1. The van der Waals surface area contributed by atoms with Gasteiger partial charge in [-0.3, -0.25) is 4.79 Å². The Kier molecular flexibility index (Phi) is 5.14. The first-order valence-electron chi connectivity index (χ1n) is 6.47. The van der Waals surface area contributed by atoms with Gasteiger partial charge in [0.2, 0.25) is 5.91 Å². The maximum atomic E-state index is 11.2. The fourth-order valence-electron chi connectivity index (χ4n) is 1.91. The molecule has 0 radical (unpaired) electrons. The molecule has 0 aliphatic heterocycles. The lowest BCUT2D eigenvalue weighted by molar-refractivity contribution is -0.118. The van der Waals surface area contributed by atoms with Gasteiger partial charge in [-0.05, 0) is 42.8 Å². The zero-order valence-electron chi connectivity index (χ0n) is 11.5. The van der Waals surface area contributed by atoms with Gasteiger partial charge in [0.25, 0.3) is 0 Å². The molecule has 1 atom stereocenters. The molecular formula is C15H16ClN3O2. The maximum absolute atomic E-state index is 11.2. The molecule has 0 bridgehead atoms. The number of pyridine rings is 1. The molecule has 0 saturated carbocycles. The van der Waals surface area contributed by atoms with E-state index in [0.29, 0.717) is 10.8 Å². The van der Waals surface area contributed by atoms with Gasteiger partial charge in [-0.25, -0.2) is 4.98 Å². The second-order valence-corrected chi connectivity index (χ2v) is 4.95. The number of rotatable bonds is 5. The molecular weight excluding hydrogens is 290 g/mol. The summed E-state index contributed by atoms with van der Waals surface area (Å²) in [6.45, 7) is 1.47. The Labute approximate surface area is 128 Å². The van der Waals surface area contributed by atoms with Crippen LogP contribution in [0.25, 0.3) is 0 Å². The van der Waals surface area contributed by atoms with Gasteiger partial charge in [-0.2, -0.15) is 0 Å². The highest BCUT2D eigenvalue weighted by Gasteiger charge is 2.07. The molecule has 0 aliphatic carbocycles. The number of halogens is 1. The Balaban J connectivity index is 2.08. The van der Waals surface area contributed by atoms with Gasteiger partial charge in [-0.1, -0.05) is 17.7 Å². The Morgan fingerprint density at radius 2 is 2.10 bits per heavy atom. The standard InChI is InChI=1S/C15H16ClN3O2/c1-10(11-5-6-17-14(16)7-11)18-12-3-2-4-13(8-12)19-15(21)9-20/h2-8,10,18,20H,9H2,1H3,(H,19,21). The molecule has 0 aliphatic rings. The summed E-state index contributed by atoms with van der Waals surface area (Å²) in [6.07, 6.45) is 1.66. The fourth-order valence-corrected chi connectivity index (χ4v) is 2.09. The largest absolute Gasteiger partial charge is 0.387 e. The monoisotopic (exact) mass is 305 g/mol. The summed E-state index contributed by atoms with van der Waals surface area (Å²) in [5.74, 6) is -0.443. The Morgan fingerprint density at radius 1 is 1.33 bits per heavy atom. The highest BCUT2D eigenvalue weighted by atomic mass is 35.5. The number of carbonyl (C=O) groups excluding carboxylic acids is 1. The molecule has 6 heteroatoms. The summed E-state index contributed by atoms with van der Waals surface area (Å²) in [5.41, 5.74) is 2.49. The first-order chi connectivity index (χ1) is 10.1. The molecule has 1 unspecified atom stereocenters. The van der Waals surface area contributed by atoms with Crippen molar-refractivity contribution in [3.63, 3.8) is 0 Å². The zero-order valence-corrected chi connectivity index (χ0v) is 12.3. The van der Waals surface area contributed by atoms with Gasteiger partial charge in [-0.15, -0.1) is 0 Å². The lowest BCUT2D eigenvalue weighted by atomic mass is 10.1. The average molecular weight is 306 g/mol. The van der Waals surface area contributed by atoms with Crippen LogP contribution in [0.2, 0.25) is 5.15 Å². The van der Waals surface area contributed by atoms with Gasteiger partial charge in [0.15, 0.2) is 0 Å². The lowest BCUT2D eigenvalue weighted by Gasteiger charge is -2.16. The van der Waals surface area contributed by atoms with Crippen LogP contribution in [-0.4, -0.2) is 22.6 Å². The van der Waals surface area contributed by atoms with Gasteiger partial charge < -0.3 is 15.7 Å². The number of anilines is 2. The number of aliphatic hydroxyl groups excluding tert-OH is 1. The van der Waals surface area contributed by atoms with Gasteiger partial charge in [0, 0.05) is 23.6 Å². The van der Waals surface area contributed by atoms with Crippen molar-refractivity contribution >= 4 is 28.9 Å². The van der Waals surface area contributed by atoms with E-state index in [2.05, 4.69) is 15.6 Å². The summed E-state index contributed by atoms with van der Waals surface area (Å²) >= 11 is 5.88. The average Bonchev–Trinajstić information content (AvgIpc) is 2.47. The van der Waals surface area contributed by atoms with Crippen molar-refractivity contribution in [3.8, 4) is 0 Å². The smallest absolute Gasteiger partial charge is 0.250 e. The molecule has 0 saturated heterocycles. The van der Waals surface area contributed by atoms with Gasteiger partial charge in [0.1, 0.15) is 11.8 Å². The zero-order chi connectivity index (χ0) is 15.2. The number of aromatic nitrogens is 1. The van der Waals surface area contributed by atoms with E-state index in [-0.39, 0.29) is 6.04 Å². The number of nitrogens with one attached hydrogen (secondary N) is 2. The van der Waals surface area contributed by atoms with Crippen molar-refractivity contribution < 1.29 is 9.90 Å². The predicted octanol–water partition coefficient (Wildman–Crippen LogP) is 2.84. The van der Waals surface area contributed by atoms with Crippen molar-refractivity contribution in [1.82, 2.24) is 4.98 Å². The Bertz CT molecular complexity index is 634. The van der Waals surface area contributed by atoms with E-state index in [0.717, 1.165) is 11.3 Å². The summed E-state index contributed by atoms with van der Waals surface area (Å²) < 4.78 is 0. The van der Waals surface area contributed by atoms with Crippen molar-refractivity contribution in [1.29, 1.82) is 0 Å². The van der Waals surface area contributed by atoms with Crippen molar-refractivity contribution in [2.24, 2.45) is 0 Å². The second-order valence-electron chi connectivity index (χ2n) is 4.57. The van der Waals surface area contributed by atoms with E-state index in [1.807, 2.05) is 25.1 Å². The summed E-state index contributed by atoms with van der Waals surface area (Å²) in [6, 6.07) is 11.0. The summed E-state index contributed by atoms with van der Waals surface area (Å²) in [4.78, 5) is 15.1. The first-order valence-corrected chi connectivity index (χ1v) is 6.85. The topological polar surface area (TPSA) is 74.2 Å². The van der Waals surface area contributed by atoms with Gasteiger partial charge in [0.05, 0.1) is 0 Å². The maximum Gasteiger partial charge on any atom is 0.250 e. The number of benzene rings is 1. The fraction of sp³-hybridized carbons (Fsp3) is 0.200. The molecule has 0 spiro atoms. The number of hydrogen-bond acceptors (Lipinski definition) is 4. The van der Waals surface area contributed by atoms with E-state index >= 15 is 0 Å². The van der Waals surface area contributed by atoms with Crippen LogP contribution in [0.3, 0.4) is 0 Å². The minimum atomic E-state index is -0.538. The van der Waals surface area contributed by atoms with Crippen molar-refractivity contribution in [2.45, 2.75) is 13.0 Å². The molecule has 3 N–H and O–H groups in total. The minimum Gasteiger partial charge on any atom is -0.387 e. The van der Waals surface area contributed by atoms with E-state index in [1.54, 1.807) is 24.4 Å². The molecule has 1 heterocycles. The third-order valence-electron chi connectivity index (χ3n) is 2.92. The SMILES string of the molecule is CC(Nc1cccc(NC(=O)CO)c1)c1ccnc(Cl)c1. The molecule has 21 heavy (non-hydrogen) atoms. The van der Waals surface area contributed by atoms with Crippen LogP contribution in [-0.2, 0) is 4.79 Å². The van der Waals surface area contributed by atoms with Crippen LogP contribution in [0.4, 0.5) is 11.4 Å². The second kappa shape index (κ2) is 7.06. The normalized spacial score (nSPS) is 11.8. The molecule has 5 nitrogen and oxygen atoms in total. The number of nitrogens with zero attached hydrogens (tertiary/aromatic N) is 1. The lowest BCUT2D eigenvalue weighted by Crippen LogP contribution is -2.15. The van der Waals surface area contributed by atoms with E-state index < -0.39 is 12.5 Å². The first kappa shape index (κ1) is 15.3. The third-order valence-corrected chi connectivity index (χ3v) is 3.13.